The Labute approximate surface area is 196 Å². The van der Waals surface area contributed by atoms with Crippen LogP contribution in [0.25, 0.3) is 0 Å². The number of amides is 3. The van der Waals surface area contributed by atoms with Crippen molar-refractivity contribution < 1.29 is 36.7 Å². The summed E-state index contributed by atoms with van der Waals surface area (Å²) in [5, 5.41) is 4.72. The summed E-state index contributed by atoms with van der Waals surface area (Å²) in [6.07, 6.45) is -3.00. The van der Waals surface area contributed by atoms with E-state index in [0.29, 0.717) is 5.56 Å². The molecule has 0 bridgehead atoms. The maximum atomic E-state index is 14.8. The first-order chi connectivity index (χ1) is 15.8. The molecule has 0 aliphatic carbocycles. The molecular weight excluding hydrogens is 484 g/mol. The quantitative estimate of drug-likeness (QED) is 0.463. The van der Waals surface area contributed by atoms with Gasteiger partial charge in [0.1, 0.15) is 5.82 Å². The van der Waals surface area contributed by atoms with Crippen molar-refractivity contribution in [3.63, 3.8) is 0 Å². The lowest BCUT2D eigenvalue weighted by molar-refractivity contribution is -0.276. The van der Waals surface area contributed by atoms with Crippen LogP contribution in [-0.2, 0) is 26.3 Å². The van der Waals surface area contributed by atoms with Crippen molar-refractivity contribution >= 4 is 29.3 Å². The standard InChI is InChI=1S/C21H19ClF4N4O4/c1-20(2,14-8-28-16(9-27-14)34-21(24,25)26)19(33)29-7-10-5-12(22)17(13(23)6-10)11-3-4-15(31)30-18(11)32/h5-6,8-9,11H,3-4,7H2,1-2H3,(H,29,33)(H,30,31,32). The molecule has 1 saturated heterocycles. The van der Waals surface area contributed by atoms with E-state index in [0.717, 1.165) is 18.5 Å². The van der Waals surface area contributed by atoms with Crippen LogP contribution in [-0.4, -0.2) is 34.1 Å². The van der Waals surface area contributed by atoms with Crippen LogP contribution in [0.1, 0.15) is 49.4 Å². The number of hydrogen-bond acceptors (Lipinski definition) is 6. The van der Waals surface area contributed by atoms with Gasteiger partial charge in [-0.25, -0.2) is 9.37 Å². The fourth-order valence-electron chi connectivity index (χ4n) is 3.37. The molecule has 3 rings (SSSR count). The molecule has 2 heterocycles. The van der Waals surface area contributed by atoms with Crippen LogP contribution in [0, 0.1) is 5.82 Å². The topological polar surface area (TPSA) is 110 Å². The Morgan fingerprint density at radius 1 is 1.24 bits per heavy atom. The van der Waals surface area contributed by atoms with Crippen LogP contribution < -0.4 is 15.4 Å². The summed E-state index contributed by atoms with van der Waals surface area (Å²) in [6, 6.07) is 2.53. The van der Waals surface area contributed by atoms with Gasteiger partial charge in [0, 0.05) is 23.6 Å². The molecule has 0 spiro atoms. The third-order valence-corrected chi connectivity index (χ3v) is 5.55. The number of rotatable bonds is 6. The van der Waals surface area contributed by atoms with E-state index in [2.05, 4.69) is 25.3 Å². The zero-order valence-corrected chi connectivity index (χ0v) is 18.7. The Balaban J connectivity index is 1.69. The fourth-order valence-corrected chi connectivity index (χ4v) is 3.73. The van der Waals surface area contributed by atoms with Crippen molar-refractivity contribution in [1.82, 2.24) is 20.6 Å². The highest BCUT2D eigenvalue weighted by molar-refractivity contribution is 6.31. The number of alkyl halides is 3. The Hall–Kier alpha value is -3.28. The second-order valence-electron chi connectivity index (χ2n) is 8.07. The molecule has 1 fully saturated rings. The van der Waals surface area contributed by atoms with E-state index in [4.69, 9.17) is 11.6 Å². The van der Waals surface area contributed by atoms with Gasteiger partial charge < -0.3 is 10.1 Å². The van der Waals surface area contributed by atoms with Gasteiger partial charge >= 0.3 is 6.36 Å². The number of imide groups is 1. The number of nitrogens with one attached hydrogen (secondary N) is 2. The molecule has 2 N–H and O–H groups in total. The first-order valence-electron chi connectivity index (χ1n) is 9.96. The average molecular weight is 503 g/mol. The molecule has 34 heavy (non-hydrogen) atoms. The molecule has 1 aliphatic heterocycles. The van der Waals surface area contributed by atoms with Gasteiger partial charge in [0.05, 0.1) is 29.4 Å². The van der Waals surface area contributed by atoms with Crippen LogP contribution in [0.2, 0.25) is 5.02 Å². The number of aromatic nitrogens is 2. The summed E-state index contributed by atoms with van der Waals surface area (Å²) in [4.78, 5) is 43.4. The second-order valence-corrected chi connectivity index (χ2v) is 8.48. The Morgan fingerprint density at radius 3 is 2.50 bits per heavy atom. The van der Waals surface area contributed by atoms with Crippen LogP contribution in [0.4, 0.5) is 17.6 Å². The van der Waals surface area contributed by atoms with Gasteiger partial charge in [-0.1, -0.05) is 11.6 Å². The highest BCUT2D eigenvalue weighted by Crippen LogP contribution is 2.33. The van der Waals surface area contributed by atoms with Gasteiger partial charge in [0.15, 0.2) is 0 Å². The molecule has 1 aromatic heterocycles. The van der Waals surface area contributed by atoms with Gasteiger partial charge in [-0.3, -0.25) is 24.7 Å². The molecule has 182 valence electrons. The van der Waals surface area contributed by atoms with Crippen molar-refractivity contribution in [2.24, 2.45) is 0 Å². The number of benzene rings is 1. The van der Waals surface area contributed by atoms with E-state index in [1.165, 1.54) is 19.9 Å². The minimum absolute atomic E-state index is 0.0240. The number of carbonyl (C=O) groups is 3. The summed E-state index contributed by atoms with van der Waals surface area (Å²) in [5.41, 5.74) is -0.933. The van der Waals surface area contributed by atoms with E-state index >= 15 is 0 Å². The van der Waals surface area contributed by atoms with E-state index in [1.54, 1.807) is 0 Å². The zero-order valence-electron chi connectivity index (χ0n) is 17.9. The summed E-state index contributed by atoms with van der Waals surface area (Å²) in [5.74, 6) is -4.06. The smallest absolute Gasteiger partial charge is 0.386 e. The molecule has 1 aliphatic rings. The highest BCUT2D eigenvalue weighted by Gasteiger charge is 2.35. The van der Waals surface area contributed by atoms with Gasteiger partial charge in [-0.05, 0) is 38.0 Å². The third kappa shape index (κ3) is 5.79. The number of ether oxygens (including phenoxy) is 1. The number of halogens is 5. The monoisotopic (exact) mass is 502 g/mol. The largest absolute Gasteiger partial charge is 0.574 e. The SMILES string of the molecule is CC(C)(C(=O)NCc1cc(F)c(C2CCC(=O)NC2=O)c(Cl)c1)c1cnc(OC(F)(F)F)cn1. The van der Waals surface area contributed by atoms with Gasteiger partial charge in [0.25, 0.3) is 0 Å². The lowest BCUT2D eigenvalue weighted by Crippen LogP contribution is -2.40. The summed E-state index contributed by atoms with van der Waals surface area (Å²) in [7, 11) is 0. The van der Waals surface area contributed by atoms with E-state index in [1.807, 2.05) is 0 Å². The number of piperidine rings is 1. The molecule has 8 nitrogen and oxygen atoms in total. The van der Waals surface area contributed by atoms with Crippen LogP contribution in [0.15, 0.2) is 24.5 Å². The number of carbonyl (C=O) groups excluding carboxylic acids is 3. The third-order valence-electron chi connectivity index (χ3n) is 5.24. The van der Waals surface area contributed by atoms with Gasteiger partial charge in [-0.15, -0.1) is 13.2 Å². The van der Waals surface area contributed by atoms with Crippen molar-refractivity contribution in [3.8, 4) is 5.88 Å². The molecule has 2 aromatic rings. The minimum atomic E-state index is -4.92. The average Bonchev–Trinajstić information content (AvgIpc) is 2.72. The predicted molar refractivity (Wildman–Crippen MR) is 110 cm³/mol. The van der Waals surface area contributed by atoms with Crippen LogP contribution in [0.5, 0.6) is 5.88 Å². The van der Waals surface area contributed by atoms with Gasteiger partial charge in [-0.2, -0.15) is 0 Å². The molecule has 1 atom stereocenters. The first-order valence-corrected chi connectivity index (χ1v) is 10.3. The Bertz CT molecular complexity index is 1100. The fraction of sp³-hybridized carbons (Fsp3) is 0.381. The van der Waals surface area contributed by atoms with E-state index in [-0.39, 0.29) is 35.7 Å². The minimum Gasteiger partial charge on any atom is -0.386 e. The Kier molecular flexibility index (Phi) is 7.10. The summed E-state index contributed by atoms with van der Waals surface area (Å²) >= 11 is 6.20. The van der Waals surface area contributed by atoms with Crippen molar-refractivity contribution in [1.29, 1.82) is 0 Å². The molecular formula is C21H19ClF4N4O4. The zero-order chi connectivity index (χ0) is 25.3. The lowest BCUT2D eigenvalue weighted by atomic mass is 9.88. The maximum Gasteiger partial charge on any atom is 0.574 e. The second kappa shape index (κ2) is 9.53. The first kappa shape index (κ1) is 25.3. The Morgan fingerprint density at radius 2 is 1.94 bits per heavy atom. The predicted octanol–water partition coefficient (Wildman–Crippen LogP) is 3.28. The van der Waals surface area contributed by atoms with Crippen molar-refractivity contribution in [2.45, 2.75) is 50.9 Å². The molecule has 3 amide bonds. The summed E-state index contributed by atoms with van der Waals surface area (Å²) < 4.78 is 55.2. The number of hydrogen-bond donors (Lipinski definition) is 2. The van der Waals surface area contributed by atoms with Crippen molar-refractivity contribution in [3.05, 3.63) is 52.2 Å². The van der Waals surface area contributed by atoms with Crippen LogP contribution >= 0.6 is 11.6 Å². The molecule has 13 heteroatoms. The van der Waals surface area contributed by atoms with Crippen molar-refractivity contribution in [2.75, 3.05) is 0 Å². The highest BCUT2D eigenvalue weighted by atomic mass is 35.5. The van der Waals surface area contributed by atoms with Gasteiger partial charge in [0.2, 0.25) is 23.6 Å². The molecule has 0 saturated carbocycles. The number of nitrogens with zero attached hydrogens (tertiary/aromatic N) is 2. The molecule has 1 unspecified atom stereocenters. The molecule has 1 aromatic carbocycles. The normalized spacial score (nSPS) is 16.7. The van der Waals surface area contributed by atoms with Crippen LogP contribution in [0.3, 0.4) is 0 Å². The summed E-state index contributed by atoms with van der Waals surface area (Å²) in [6.45, 7) is 2.84. The van der Waals surface area contributed by atoms with E-state index < -0.39 is 47.1 Å². The lowest BCUT2D eigenvalue weighted by Gasteiger charge is -2.24. The van der Waals surface area contributed by atoms with E-state index in [9.17, 15) is 31.9 Å². The molecule has 0 radical (unpaired) electrons. The maximum absolute atomic E-state index is 14.8.